The van der Waals surface area contributed by atoms with Crippen molar-refractivity contribution in [3.05, 3.63) is 29.2 Å². The summed E-state index contributed by atoms with van der Waals surface area (Å²) in [4.78, 5) is 19.4. The van der Waals surface area contributed by atoms with Gasteiger partial charge in [0.05, 0.1) is 22.9 Å². The lowest BCUT2D eigenvalue weighted by Crippen LogP contribution is -2.41. The Balaban J connectivity index is 1.67. The van der Waals surface area contributed by atoms with Gasteiger partial charge in [-0.25, -0.2) is 12.7 Å². The van der Waals surface area contributed by atoms with Gasteiger partial charge in [-0.1, -0.05) is 5.16 Å². The molecule has 0 spiro atoms. The minimum absolute atomic E-state index is 0.0384. The van der Waals surface area contributed by atoms with Gasteiger partial charge in [0.1, 0.15) is 0 Å². The minimum Gasteiger partial charge on any atom is -0.339 e. The second kappa shape index (κ2) is 6.91. The quantitative estimate of drug-likeness (QED) is 0.692. The Morgan fingerprint density at radius 3 is 2.62 bits per heavy atom. The monoisotopic (exact) mass is 422 g/mol. The van der Waals surface area contributed by atoms with Crippen molar-refractivity contribution in [2.75, 3.05) is 31.9 Å². The topological polar surface area (TPSA) is 114 Å². The van der Waals surface area contributed by atoms with Crippen LogP contribution in [0.1, 0.15) is 41.6 Å². The molecule has 0 aromatic carbocycles. The molecular formula is C18H26N6O4S. The van der Waals surface area contributed by atoms with Crippen LogP contribution >= 0.6 is 0 Å². The van der Waals surface area contributed by atoms with E-state index in [1.165, 1.54) is 4.31 Å². The van der Waals surface area contributed by atoms with Crippen molar-refractivity contribution in [2.45, 2.75) is 39.7 Å². The Hall–Kier alpha value is -2.27. The van der Waals surface area contributed by atoms with Gasteiger partial charge in [0.2, 0.25) is 15.9 Å². The zero-order chi connectivity index (χ0) is 21.0. The lowest BCUT2D eigenvalue weighted by atomic mass is 9.81. The summed E-state index contributed by atoms with van der Waals surface area (Å²) in [5.74, 6) is 0.738. The van der Waals surface area contributed by atoms with Crippen molar-refractivity contribution in [3.63, 3.8) is 0 Å². The van der Waals surface area contributed by atoms with Crippen LogP contribution < -0.4 is 0 Å². The zero-order valence-corrected chi connectivity index (χ0v) is 17.9. The second-order valence-electron chi connectivity index (χ2n) is 7.84. The number of hydrogen-bond acceptors (Lipinski definition) is 7. The van der Waals surface area contributed by atoms with Crippen LogP contribution in [-0.4, -0.2) is 75.4 Å². The number of fused-ring (bicyclic) bond motifs is 1. The SMILES string of the molecule is CCn1ncc(C(=O)N2C[C@H]3CN(S(=O)(=O)CC)C[C@@]3(c3nc(C)no3)C2)c1C. The fourth-order valence-electron chi connectivity index (χ4n) is 4.52. The summed E-state index contributed by atoms with van der Waals surface area (Å²) in [5, 5.41) is 8.18. The summed E-state index contributed by atoms with van der Waals surface area (Å²) < 4.78 is 33.8. The summed E-state index contributed by atoms with van der Waals surface area (Å²) in [6.45, 7) is 9.28. The van der Waals surface area contributed by atoms with Crippen LogP contribution in [0.3, 0.4) is 0 Å². The summed E-state index contributed by atoms with van der Waals surface area (Å²) in [6.07, 6.45) is 1.60. The highest BCUT2D eigenvalue weighted by molar-refractivity contribution is 7.89. The molecule has 4 heterocycles. The molecule has 2 aromatic heterocycles. The van der Waals surface area contributed by atoms with Gasteiger partial charge in [-0.3, -0.25) is 9.48 Å². The number of nitrogens with zero attached hydrogens (tertiary/aromatic N) is 6. The summed E-state index contributed by atoms with van der Waals surface area (Å²) in [6, 6.07) is 0. The van der Waals surface area contributed by atoms with Crippen LogP contribution in [0.4, 0.5) is 0 Å². The normalized spacial score (nSPS) is 25.0. The number of carbonyl (C=O) groups is 1. The third-order valence-corrected chi connectivity index (χ3v) is 8.00. The van der Waals surface area contributed by atoms with E-state index in [0.717, 1.165) is 5.69 Å². The van der Waals surface area contributed by atoms with Crippen LogP contribution in [0.2, 0.25) is 0 Å². The average molecular weight is 423 g/mol. The Bertz CT molecular complexity index is 1040. The Kier molecular flexibility index (Phi) is 4.77. The van der Waals surface area contributed by atoms with E-state index in [9.17, 15) is 13.2 Å². The predicted octanol–water partition coefficient (Wildman–Crippen LogP) is 0.578. The van der Waals surface area contributed by atoms with Crippen molar-refractivity contribution in [3.8, 4) is 0 Å². The first-order valence-electron chi connectivity index (χ1n) is 9.82. The van der Waals surface area contributed by atoms with Crippen molar-refractivity contribution in [2.24, 2.45) is 5.92 Å². The highest BCUT2D eigenvalue weighted by atomic mass is 32.2. The number of aromatic nitrogens is 4. The molecule has 29 heavy (non-hydrogen) atoms. The molecule has 11 heteroatoms. The molecule has 2 atom stereocenters. The molecule has 2 aliphatic rings. The third-order valence-electron chi connectivity index (χ3n) is 6.21. The first-order chi connectivity index (χ1) is 13.7. The Morgan fingerprint density at radius 2 is 2.03 bits per heavy atom. The number of rotatable bonds is 5. The molecule has 0 aliphatic carbocycles. The van der Waals surface area contributed by atoms with Gasteiger partial charge in [-0.2, -0.15) is 10.1 Å². The molecule has 158 valence electrons. The van der Waals surface area contributed by atoms with Crippen molar-refractivity contribution < 1.29 is 17.7 Å². The minimum atomic E-state index is -3.35. The van der Waals surface area contributed by atoms with E-state index in [1.54, 1.807) is 29.6 Å². The lowest BCUT2D eigenvalue weighted by Gasteiger charge is -2.25. The van der Waals surface area contributed by atoms with Crippen molar-refractivity contribution >= 4 is 15.9 Å². The van der Waals surface area contributed by atoms with E-state index in [0.29, 0.717) is 43.5 Å². The zero-order valence-electron chi connectivity index (χ0n) is 17.1. The maximum absolute atomic E-state index is 13.2. The van der Waals surface area contributed by atoms with E-state index in [2.05, 4.69) is 15.2 Å². The van der Waals surface area contributed by atoms with E-state index in [1.807, 2.05) is 13.8 Å². The molecule has 0 bridgehead atoms. The Labute approximate surface area is 169 Å². The maximum atomic E-state index is 13.2. The smallest absolute Gasteiger partial charge is 0.257 e. The molecule has 4 rings (SSSR count). The lowest BCUT2D eigenvalue weighted by molar-refractivity contribution is 0.0772. The number of likely N-dealkylation sites (tertiary alicyclic amines) is 1. The van der Waals surface area contributed by atoms with Gasteiger partial charge in [-0.05, 0) is 27.7 Å². The van der Waals surface area contributed by atoms with Crippen LogP contribution in [0, 0.1) is 19.8 Å². The van der Waals surface area contributed by atoms with Gasteiger partial charge in [0.25, 0.3) is 5.91 Å². The molecular weight excluding hydrogens is 396 g/mol. The van der Waals surface area contributed by atoms with Crippen LogP contribution in [0.5, 0.6) is 0 Å². The van der Waals surface area contributed by atoms with Crippen LogP contribution in [-0.2, 0) is 22.0 Å². The van der Waals surface area contributed by atoms with Gasteiger partial charge in [-0.15, -0.1) is 0 Å². The first-order valence-corrected chi connectivity index (χ1v) is 11.4. The second-order valence-corrected chi connectivity index (χ2v) is 10.1. The molecule has 0 radical (unpaired) electrons. The summed E-state index contributed by atoms with van der Waals surface area (Å²) in [5.41, 5.74) is 0.711. The Morgan fingerprint density at radius 1 is 1.28 bits per heavy atom. The molecule has 2 aliphatic heterocycles. The number of amides is 1. The van der Waals surface area contributed by atoms with E-state index in [4.69, 9.17) is 4.52 Å². The molecule has 2 saturated heterocycles. The highest BCUT2D eigenvalue weighted by Crippen LogP contribution is 2.45. The molecule has 10 nitrogen and oxygen atoms in total. The largest absolute Gasteiger partial charge is 0.339 e. The fraction of sp³-hybridized carbons (Fsp3) is 0.667. The van der Waals surface area contributed by atoms with Gasteiger partial charge in [0.15, 0.2) is 5.82 Å². The van der Waals surface area contributed by atoms with E-state index >= 15 is 0 Å². The fourth-order valence-corrected chi connectivity index (χ4v) is 5.71. The molecule has 2 aromatic rings. The summed E-state index contributed by atoms with van der Waals surface area (Å²) >= 11 is 0. The summed E-state index contributed by atoms with van der Waals surface area (Å²) in [7, 11) is -3.35. The molecule has 1 amide bonds. The predicted molar refractivity (Wildman–Crippen MR) is 104 cm³/mol. The van der Waals surface area contributed by atoms with Crippen molar-refractivity contribution in [1.82, 2.24) is 29.1 Å². The number of carbonyl (C=O) groups excluding carboxylic acids is 1. The standard InChI is InChI=1S/C18H26N6O4S/c1-5-24-12(3)15(7-19-24)16(25)22-8-14-9-23(29(26,27)6-2)11-18(14,10-22)17-20-13(4)21-28-17/h7,14H,5-6,8-11H2,1-4H3/t14-,18-/m0/s1. The molecule has 0 unspecified atom stereocenters. The van der Waals surface area contributed by atoms with Gasteiger partial charge >= 0.3 is 0 Å². The molecule has 2 fully saturated rings. The van der Waals surface area contributed by atoms with Gasteiger partial charge in [0, 0.05) is 44.3 Å². The average Bonchev–Trinajstić information content (AvgIpc) is 3.42. The van der Waals surface area contributed by atoms with E-state index < -0.39 is 15.4 Å². The van der Waals surface area contributed by atoms with E-state index in [-0.39, 0.29) is 24.1 Å². The first kappa shape index (κ1) is 20.0. The maximum Gasteiger partial charge on any atom is 0.257 e. The van der Waals surface area contributed by atoms with Crippen molar-refractivity contribution in [1.29, 1.82) is 0 Å². The number of hydrogen-bond donors (Lipinski definition) is 0. The van der Waals surface area contributed by atoms with Crippen LogP contribution in [0.15, 0.2) is 10.7 Å². The molecule has 0 saturated carbocycles. The van der Waals surface area contributed by atoms with Gasteiger partial charge < -0.3 is 9.42 Å². The number of aryl methyl sites for hydroxylation is 2. The number of sulfonamides is 1. The van der Waals surface area contributed by atoms with Crippen LogP contribution in [0.25, 0.3) is 0 Å². The molecule has 0 N–H and O–H groups in total. The third kappa shape index (κ3) is 3.07. The highest BCUT2D eigenvalue weighted by Gasteiger charge is 2.59.